The van der Waals surface area contributed by atoms with Crippen molar-refractivity contribution in [2.75, 3.05) is 6.26 Å². The molecule has 0 aliphatic carbocycles. The summed E-state index contributed by atoms with van der Waals surface area (Å²) < 4.78 is 0.222. The zero-order valence-corrected chi connectivity index (χ0v) is 13.7. The first-order valence-corrected chi connectivity index (χ1v) is 8.01. The van der Waals surface area contributed by atoms with Gasteiger partial charge in [0.1, 0.15) is 5.75 Å². The quantitative estimate of drug-likeness (QED) is 0.392. The van der Waals surface area contributed by atoms with Gasteiger partial charge in [-0.05, 0) is 37.4 Å². The van der Waals surface area contributed by atoms with Gasteiger partial charge in [0, 0.05) is 9.48 Å². The van der Waals surface area contributed by atoms with Crippen molar-refractivity contribution in [3.8, 4) is 5.75 Å². The normalized spacial score (nSPS) is 8.89. The number of aromatic hydroxyl groups is 1. The van der Waals surface area contributed by atoms with E-state index in [1.54, 1.807) is 36.0 Å². The molecular formula is C15H20OS3. The van der Waals surface area contributed by atoms with Crippen molar-refractivity contribution >= 4 is 37.0 Å². The molecule has 0 fully saturated rings. The van der Waals surface area contributed by atoms with Crippen LogP contribution in [0.15, 0.2) is 65.6 Å². The van der Waals surface area contributed by atoms with Gasteiger partial charge in [0.2, 0.25) is 0 Å². The third kappa shape index (κ3) is 13.5. The van der Waals surface area contributed by atoms with E-state index in [0.717, 1.165) is 0 Å². The average molecular weight is 313 g/mol. The van der Waals surface area contributed by atoms with Crippen molar-refractivity contribution in [3.63, 3.8) is 0 Å². The van der Waals surface area contributed by atoms with Gasteiger partial charge >= 0.3 is 0 Å². The van der Waals surface area contributed by atoms with Crippen molar-refractivity contribution in [2.45, 2.75) is 16.4 Å². The molecule has 0 atom stereocenters. The number of benzene rings is 2. The monoisotopic (exact) mass is 312 g/mol. The lowest BCUT2D eigenvalue weighted by Crippen LogP contribution is -1.64. The molecule has 0 unspecified atom stereocenters. The van der Waals surface area contributed by atoms with Crippen LogP contribution in [0.3, 0.4) is 0 Å². The summed E-state index contributed by atoms with van der Waals surface area (Å²) in [5.74, 6) is 0.322. The zero-order valence-electron chi connectivity index (χ0n) is 11.1. The number of para-hydroxylation sites is 1. The lowest BCUT2D eigenvalue weighted by Gasteiger charge is -1.89. The summed E-state index contributed by atoms with van der Waals surface area (Å²) in [5.41, 5.74) is 0. The van der Waals surface area contributed by atoms with Gasteiger partial charge in [0.05, 0.1) is 0 Å². The first kappa shape index (κ1) is 18.3. The summed E-state index contributed by atoms with van der Waals surface area (Å²) in [6, 6.07) is 19.0. The van der Waals surface area contributed by atoms with Crippen LogP contribution in [0.4, 0.5) is 0 Å². The van der Waals surface area contributed by atoms with Crippen LogP contribution >= 0.6 is 37.0 Å². The van der Waals surface area contributed by atoms with E-state index in [0.29, 0.717) is 5.75 Å². The van der Waals surface area contributed by atoms with Crippen LogP contribution in [0.5, 0.6) is 5.75 Å². The second kappa shape index (κ2) is 12.3. The van der Waals surface area contributed by atoms with E-state index in [9.17, 15) is 0 Å². The Bertz CT molecular complexity index is 401. The Labute approximate surface area is 131 Å². The minimum absolute atomic E-state index is 0.222. The van der Waals surface area contributed by atoms with Gasteiger partial charge in [-0.1, -0.05) is 36.4 Å². The van der Waals surface area contributed by atoms with Crippen molar-refractivity contribution in [2.24, 2.45) is 0 Å². The summed E-state index contributed by atoms with van der Waals surface area (Å²) in [6.45, 7) is 1.90. The highest BCUT2D eigenvalue weighted by atomic mass is 32.2. The van der Waals surface area contributed by atoms with Gasteiger partial charge in [0.15, 0.2) is 0 Å². The maximum Gasteiger partial charge on any atom is 0.115 e. The smallest absolute Gasteiger partial charge is 0.115 e. The fourth-order valence-electron chi connectivity index (χ4n) is 0.985. The molecule has 104 valence electrons. The number of thioether (sulfide) groups is 1. The van der Waals surface area contributed by atoms with E-state index < -0.39 is 0 Å². The Kier molecular flexibility index (Phi) is 11.9. The number of thiol groups is 2. The zero-order chi connectivity index (χ0) is 14.5. The molecule has 0 spiro atoms. The summed E-state index contributed by atoms with van der Waals surface area (Å²) in [4.78, 5) is 1.33. The number of phenols is 1. The lowest BCUT2D eigenvalue weighted by atomic mass is 10.3. The Morgan fingerprint density at radius 1 is 0.895 bits per heavy atom. The van der Waals surface area contributed by atoms with Gasteiger partial charge in [-0.2, -0.15) is 25.3 Å². The Morgan fingerprint density at radius 3 is 1.47 bits per heavy atom. The first-order chi connectivity index (χ1) is 9.06. The minimum Gasteiger partial charge on any atom is -0.508 e. The van der Waals surface area contributed by atoms with Gasteiger partial charge in [-0.15, -0.1) is 11.8 Å². The van der Waals surface area contributed by atoms with Crippen molar-refractivity contribution < 1.29 is 5.11 Å². The van der Waals surface area contributed by atoms with Crippen LogP contribution in [0, 0.1) is 0 Å². The number of hydrogen-bond donors (Lipinski definition) is 3. The summed E-state index contributed by atoms with van der Waals surface area (Å²) in [6.07, 6.45) is 2.08. The molecule has 0 aliphatic rings. The van der Waals surface area contributed by atoms with Gasteiger partial charge < -0.3 is 5.11 Å². The lowest BCUT2D eigenvalue weighted by molar-refractivity contribution is 0.475. The standard InChI is InChI=1S/C7H8S.C6H6O.C2H6S2/c1-8-7-5-3-2-4-6-7;7-6-4-2-1-3-5-6;1-2(3)4/h2-6H,1H3;1-5,7H;2-4H,1H3. The molecule has 0 amide bonds. The number of hydrogen-bond acceptors (Lipinski definition) is 4. The second-order valence-electron chi connectivity index (χ2n) is 3.48. The van der Waals surface area contributed by atoms with Crippen LogP contribution in [0.1, 0.15) is 6.92 Å². The van der Waals surface area contributed by atoms with E-state index in [4.69, 9.17) is 5.11 Å². The molecule has 0 saturated heterocycles. The summed E-state index contributed by atoms with van der Waals surface area (Å²) in [5, 5.41) is 8.63. The molecule has 1 N–H and O–H groups in total. The van der Waals surface area contributed by atoms with E-state index in [2.05, 4.69) is 43.6 Å². The van der Waals surface area contributed by atoms with Crippen molar-refractivity contribution in [1.82, 2.24) is 0 Å². The van der Waals surface area contributed by atoms with Crippen molar-refractivity contribution in [3.05, 3.63) is 60.7 Å². The highest BCUT2D eigenvalue weighted by Gasteiger charge is 1.80. The van der Waals surface area contributed by atoms with E-state index in [1.807, 2.05) is 31.2 Å². The minimum atomic E-state index is 0.222. The van der Waals surface area contributed by atoms with Crippen LogP contribution in [0.25, 0.3) is 0 Å². The second-order valence-corrected chi connectivity index (χ2v) is 6.32. The SMILES string of the molecule is CC(S)S.CSc1ccccc1.Oc1ccccc1. The molecule has 2 rings (SSSR count). The molecule has 0 heterocycles. The Morgan fingerprint density at radius 2 is 1.26 bits per heavy atom. The first-order valence-electron chi connectivity index (χ1n) is 5.75. The highest BCUT2D eigenvalue weighted by molar-refractivity contribution is 7.99. The predicted molar refractivity (Wildman–Crippen MR) is 93.8 cm³/mol. The third-order valence-electron chi connectivity index (χ3n) is 1.74. The molecule has 1 nitrogen and oxygen atoms in total. The van der Waals surface area contributed by atoms with Crippen LogP contribution in [-0.2, 0) is 0 Å². The molecule has 0 bridgehead atoms. The van der Waals surface area contributed by atoms with Gasteiger partial charge in [0.25, 0.3) is 0 Å². The molecule has 0 saturated carbocycles. The molecule has 0 aliphatic heterocycles. The molecular weight excluding hydrogens is 292 g/mol. The summed E-state index contributed by atoms with van der Waals surface area (Å²) in [7, 11) is 0. The van der Waals surface area contributed by atoms with E-state index in [1.165, 1.54) is 4.90 Å². The van der Waals surface area contributed by atoms with Gasteiger partial charge in [-0.25, -0.2) is 0 Å². The van der Waals surface area contributed by atoms with Crippen LogP contribution < -0.4 is 0 Å². The molecule has 4 heteroatoms. The number of rotatable bonds is 1. The maximum atomic E-state index is 8.63. The summed E-state index contributed by atoms with van der Waals surface area (Å²) >= 11 is 9.43. The maximum absolute atomic E-state index is 8.63. The molecule has 0 radical (unpaired) electrons. The fourth-order valence-corrected chi connectivity index (χ4v) is 1.41. The van der Waals surface area contributed by atoms with Crippen molar-refractivity contribution in [1.29, 1.82) is 0 Å². The molecule has 2 aromatic rings. The number of phenolic OH excluding ortho intramolecular Hbond substituents is 1. The Hall–Kier alpha value is -0.710. The topological polar surface area (TPSA) is 20.2 Å². The van der Waals surface area contributed by atoms with E-state index in [-0.39, 0.29) is 4.58 Å². The average Bonchev–Trinajstić information content (AvgIpc) is 2.41. The Balaban J connectivity index is 0.000000272. The van der Waals surface area contributed by atoms with E-state index >= 15 is 0 Å². The fraction of sp³-hybridized carbons (Fsp3) is 0.200. The van der Waals surface area contributed by atoms with Gasteiger partial charge in [-0.3, -0.25) is 0 Å². The highest BCUT2D eigenvalue weighted by Crippen LogP contribution is 2.11. The predicted octanol–water partition coefficient (Wildman–Crippen LogP) is 4.99. The third-order valence-corrected chi connectivity index (χ3v) is 2.48. The van der Waals surface area contributed by atoms with Crippen LogP contribution in [0.2, 0.25) is 0 Å². The molecule has 2 aromatic carbocycles. The largest absolute Gasteiger partial charge is 0.508 e. The molecule has 0 aromatic heterocycles. The van der Waals surface area contributed by atoms with Crippen LogP contribution in [-0.4, -0.2) is 15.9 Å². The molecule has 19 heavy (non-hydrogen) atoms.